The molecule has 0 radical (unpaired) electrons. The second kappa shape index (κ2) is 8.97. The van der Waals surface area contributed by atoms with Gasteiger partial charge in [-0.3, -0.25) is 9.69 Å². The molecule has 0 bridgehead atoms. The number of hydrogen-bond acceptors (Lipinski definition) is 5. The molecule has 0 amide bonds. The Kier molecular flexibility index (Phi) is 6.16. The first kappa shape index (κ1) is 19.9. The molecule has 2 aliphatic rings. The van der Waals surface area contributed by atoms with Gasteiger partial charge in [-0.25, -0.2) is 4.98 Å². The fourth-order valence-electron chi connectivity index (χ4n) is 4.54. The second-order valence-electron chi connectivity index (χ2n) is 8.12. The van der Waals surface area contributed by atoms with Crippen LogP contribution in [0, 0.1) is 11.3 Å². The van der Waals surface area contributed by atoms with Gasteiger partial charge in [-0.15, -0.1) is 0 Å². The van der Waals surface area contributed by atoms with Gasteiger partial charge in [0.05, 0.1) is 25.0 Å². The molecule has 1 aromatic carbocycles. The maximum atomic E-state index is 12.0. The van der Waals surface area contributed by atoms with Crippen molar-refractivity contribution in [2.45, 2.75) is 32.4 Å². The Morgan fingerprint density at radius 1 is 1.34 bits per heavy atom. The summed E-state index contributed by atoms with van der Waals surface area (Å²) in [5.74, 6) is 0.270. The van der Waals surface area contributed by atoms with E-state index >= 15 is 0 Å². The quantitative estimate of drug-likeness (QED) is 0.654. The van der Waals surface area contributed by atoms with Gasteiger partial charge in [0.1, 0.15) is 5.75 Å². The molecule has 3 heterocycles. The Labute approximate surface area is 171 Å². The number of carboxylic acid groups (broad SMARTS) is 1. The van der Waals surface area contributed by atoms with E-state index in [0.717, 1.165) is 37.2 Å². The summed E-state index contributed by atoms with van der Waals surface area (Å²) in [6, 6.07) is 8.08. The van der Waals surface area contributed by atoms with Gasteiger partial charge in [0, 0.05) is 56.7 Å². The molecule has 2 aromatic rings. The number of hydrogen-bond donors (Lipinski definition) is 1. The molecular formula is C22H29N3O4. The number of para-hydroxylation sites is 1. The third kappa shape index (κ3) is 4.46. The van der Waals surface area contributed by atoms with Crippen LogP contribution in [0.3, 0.4) is 0 Å². The average Bonchev–Trinajstić information content (AvgIpc) is 3.36. The number of rotatable bonds is 9. The van der Waals surface area contributed by atoms with Crippen LogP contribution in [0.25, 0.3) is 0 Å². The summed E-state index contributed by atoms with van der Waals surface area (Å²) < 4.78 is 13.7. The molecule has 2 fully saturated rings. The van der Waals surface area contributed by atoms with E-state index in [1.54, 1.807) is 6.20 Å². The zero-order valence-electron chi connectivity index (χ0n) is 16.7. The summed E-state index contributed by atoms with van der Waals surface area (Å²) in [6.45, 7) is 4.73. The fourth-order valence-corrected chi connectivity index (χ4v) is 4.54. The van der Waals surface area contributed by atoms with E-state index in [1.165, 1.54) is 0 Å². The Hall–Kier alpha value is -2.38. The Balaban J connectivity index is 1.32. The number of likely N-dealkylation sites (tertiary alicyclic amines) is 1. The fraction of sp³-hybridized carbons (Fsp3) is 0.545. The molecule has 2 aliphatic heterocycles. The van der Waals surface area contributed by atoms with Crippen LogP contribution in [0.4, 0.5) is 0 Å². The number of unbranched alkanes of at least 4 members (excludes halogenated alkanes) is 1. The van der Waals surface area contributed by atoms with Gasteiger partial charge in [-0.2, -0.15) is 0 Å². The van der Waals surface area contributed by atoms with Gasteiger partial charge in [0.25, 0.3) is 0 Å². The van der Waals surface area contributed by atoms with Crippen LogP contribution in [0.15, 0.2) is 43.0 Å². The summed E-state index contributed by atoms with van der Waals surface area (Å²) in [5.41, 5.74) is 0.448. The molecule has 1 aromatic heterocycles. The molecular weight excluding hydrogens is 370 g/mol. The van der Waals surface area contributed by atoms with Crippen LogP contribution in [0.2, 0.25) is 0 Å². The Morgan fingerprint density at radius 3 is 3.03 bits per heavy atom. The highest BCUT2D eigenvalue weighted by molar-refractivity contribution is 5.76. The number of benzene rings is 1. The average molecular weight is 399 g/mol. The number of aryl methyl sites for hydroxylation is 1. The van der Waals surface area contributed by atoms with Crippen LogP contribution in [-0.4, -0.2) is 58.4 Å². The van der Waals surface area contributed by atoms with Crippen molar-refractivity contribution in [3.8, 4) is 5.75 Å². The van der Waals surface area contributed by atoms with Gasteiger partial charge >= 0.3 is 5.97 Å². The highest BCUT2D eigenvalue weighted by Gasteiger charge is 2.53. The molecule has 4 rings (SSSR count). The maximum Gasteiger partial charge on any atom is 0.311 e. The summed E-state index contributed by atoms with van der Waals surface area (Å²) in [6.07, 6.45) is 8.20. The molecule has 1 N–H and O–H groups in total. The van der Waals surface area contributed by atoms with E-state index in [-0.39, 0.29) is 5.92 Å². The number of aromatic nitrogens is 2. The molecule has 0 spiro atoms. The van der Waals surface area contributed by atoms with E-state index in [2.05, 4.69) is 20.5 Å². The van der Waals surface area contributed by atoms with E-state index < -0.39 is 11.4 Å². The molecule has 156 valence electrons. The number of nitrogens with zero attached hydrogens (tertiary/aromatic N) is 3. The molecule has 2 saturated heterocycles. The van der Waals surface area contributed by atoms with E-state index in [0.29, 0.717) is 39.3 Å². The highest BCUT2D eigenvalue weighted by atomic mass is 16.5. The molecule has 0 saturated carbocycles. The first-order valence-electron chi connectivity index (χ1n) is 10.4. The standard InChI is InChI=1S/C22H29N3O4/c26-21(27)22-7-12-28-15-19(22)14-25(16-22)13-18-5-1-2-6-20(18)29-11-4-3-9-24-10-8-23-17-24/h1-2,5-6,8,10,17,19H,3-4,7,9,11-16H2,(H,26,27)/t19-,22+/m1/s1. The maximum absolute atomic E-state index is 12.0. The second-order valence-corrected chi connectivity index (χ2v) is 8.12. The third-order valence-corrected chi connectivity index (χ3v) is 6.20. The molecule has 0 aliphatic carbocycles. The Bertz CT molecular complexity index is 810. The predicted molar refractivity (Wildman–Crippen MR) is 108 cm³/mol. The first-order chi connectivity index (χ1) is 14.2. The lowest BCUT2D eigenvalue weighted by Crippen LogP contribution is -2.44. The minimum absolute atomic E-state index is 0.0602. The van der Waals surface area contributed by atoms with E-state index in [1.807, 2.05) is 30.7 Å². The lowest BCUT2D eigenvalue weighted by atomic mass is 9.74. The number of fused-ring (bicyclic) bond motifs is 1. The minimum Gasteiger partial charge on any atom is -0.493 e. The summed E-state index contributed by atoms with van der Waals surface area (Å²) in [5, 5.41) is 9.86. The van der Waals surface area contributed by atoms with Crippen molar-refractivity contribution in [3.63, 3.8) is 0 Å². The minimum atomic E-state index is -0.685. The van der Waals surface area contributed by atoms with Crippen LogP contribution in [0.1, 0.15) is 24.8 Å². The van der Waals surface area contributed by atoms with E-state index in [9.17, 15) is 9.90 Å². The molecule has 7 heteroatoms. The van der Waals surface area contributed by atoms with Crippen LogP contribution < -0.4 is 4.74 Å². The topological polar surface area (TPSA) is 76.8 Å². The van der Waals surface area contributed by atoms with Crippen LogP contribution >= 0.6 is 0 Å². The number of carbonyl (C=O) groups is 1. The molecule has 0 unspecified atom stereocenters. The zero-order valence-corrected chi connectivity index (χ0v) is 16.7. The van der Waals surface area contributed by atoms with Crippen molar-refractivity contribution in [2.24, 2.45) is 11.3 Å². The van der Waals surface area contributed by atoms with Gasteiger partial charge in [-0.1, -0.05) is 18.2 Å². The van der Waals surface area contributed by atoms with E-state index in [4.69, 9.17) is 9.47 Å². The van der Waals surface area contributed by atoms with Gasteiger partial charge in [-0.05, 0) is 25.3 Å². The summed E-state index contributed by atoms with van der Waals surface area (Å²) in [7, 11) is 0. The lowest BCUT2D eigenvalue weighted by molar-refractivity contribution is -0.157. The zero-order chi connectivity index (χ0) is 20.1. The SMILES string of the molecule is O=C(O)[C@]12CCOC[C@H]1CN(Cc1ccccc1OCCCCn1ccnc1)C2. The van der Waals surface area contributed by atoms with Crippen molar-refractivity contribution in [1.82, 2.24) is 14.5 Å². The number of imidazole rings is 1. The van der Waals surface area contributed by atoms with Crippen LogP contribution in [-0.2, 0) is 22.6 Å². The van der Waals surface area contributed by atoms with Crippen molar-refractivity contribution in [1.29, 1.82) is 0 Å². The number of ether oxygens (including phenoxy) is 2. The monoisotopic (exact) mass is 399 g/mol. The normalized spacial score (nSPS) is 24.3. The predicted octanol–water partition coefficient (Wildman–Crippen LogP) is 2.67. The summed E-state index contributed by atoms with van der Waals surface area (Å²) in [4.78, 5) is 18.3. The number of carboxylic acids is 1. The first-order valence-corrected chi connectivity index (χ1v) is 10.4. The number of aliphatic carboxylic acids is 1. The molecule has 2 atom stereocenters. The van der Waals surface area contributed by atoms with Crippen molar-refractivity contribution in [3.05, 3.63) is 48.5 Å². The van der Waals surface area contributed by atoms with Crippen molar-refractivity contribution in [2.75, 3.05) is 32.9 Å². The smallest absolute Gasteiger partial charge is 0.311 e. The lowest BCUT2D eigenvalue weighted by Gasteiger charge is -2.34. The van der Waals surface area contributed by atoms with Crippen molar-refractivity contribution < 1.29 is 19.4 Å². The molecule has 29 heavy (non-hydrogen) atoms. The molecule has 7 nitrogen and oxygen atoms in total. The summed E-state index contributed by atoms with van der Waals surface area (Å²) >= 11 is 0. The van der Waals surface area contributed by atoms with Gasteiger partial charge < -0.3 is 19.1 Å². The van der Waals surface area contributed by atoms with Gasteiger partial charge in [0.15, 0.2) is 0 Å². The largest absolute Gasteiger partial charge is 0.493 e. The van der Waals surface area contributed by atoms with Crippen molar-refractivity contribution >= 4 is 5.97 Å². The van der Waals surface area contributed by atoms with Gasteiger partial charge in [0.2, 0.25) is 0 Å². The third-order valence-electron chi connectivity index (χ3n) is 6.20. The Morgan fingerprint density at radius 2 is 2.24 bits per heavy atom. The highest BCUT2D eigenvalue weighted by Crippen LogP contribution is 2.43. The van der Waals surface area contributed by atoms with Crippen LogP contribution in [0.5, 0.6) is 5.75 Å².